The fourth-order valence-corrected chi connectivity index (χ4v) is 7.25. The number of pyridine rings is 1. The van der Waals surface area contributed by atoms with Gasteiger partial charge in [-0.3, -0.25) is 4.98 Å². The predicted molar refractivity (Wildman–Crippen MR) is 194 cm³/mol. The van der Waals surface area contributed by atoms with E-state index in [1.165, 1.54) is 22.1 Å². The van der Waals surface area contributed by atoms with Crippen molar-refractivity contribution in [2.45, 2.75) is 20.8 Å². The van der Waals surface area contributed by atoms with Crippen LogP contribution in [-0.4, -0.2) is 32.2 Å². The average Bonchev–Trinajstić information content (AvgIpc) is 3.58. The summed E-state index contributed by atoms with van der Waals surface area (Å²) in [6.45, 7) is 6.10. The topological polar surface area (TPSA) is 69.4 Å². The van der Waals surface area contributed by atoms with Gasteiger partial charge in [0.25, 0.3) is 0 Å². The van der Waals surface area contributed by atoms with Crippen molar-refractivity contribution < 1.29 is 9.53 Å². The highest BCUT2D eigenvalue weighted by atomic mass is 31.1. The number of nitrogens with zero attached hydrogens (tertiary/aromatic N) is 4. The molecule has 0 aliphatic rings. The molecule has 47 heavy (non-hydrogen) atoms. The molecule has 0 aliphatic heterocycles. The normalized spacial score (nSPS) is 10.4. The molecule has 7 aromatic rings. The molecule has 0 N–H and O–H groups in total. The molecular formula is C40H37N4O2P. The maximum atomic E-state index is 11.9. The van der Waals surface area contributed by atoms with Gasteiger partial charge >= 0.3 is 5.97 Å². The summed E-state index contributed by atoms with van der Waals surface area (Å²) in [6.07, 6.45) is 8.66. The molecule has 0 amide bonds. The first kappa shape index (κ1) is 32.9. The number of hydrogen-bond donors (Lipinski definition) is 0. The van der Waals surface area contributed by atoms with Crippen LogP contribution in [0.5, 0.6) is 0 Å². The number of ether oxygens (including phenoxy) is 1. The molecule has 0 fully saturated rings. The van der Waals surface area contributed by atoms with Crippen LogP contribution in [0.25, 0.3) is 27.9 Å². The number of carbonyl (C=O) groups excluding carboxylic acids is 1. The van der Waals surface area contributed by atoms with Gasteiger partial charge in [-0.15, -0.1) is 0 Å². The van der Waals surface area contributed by atoms with Gasteiger partial charge in [0, 0.05) is 41.5 Å². The Morgan fingerprint density at radius 1 is 0.660 bits per heavy atom. The summed E-state index contributed by atoms with van der Waals surface area (Å²) >= 11 is 0. The zero-order chi connectivity index (χ0) is 32.8. The smallest absolute Gasteiger partial charge is 0.339 e. The molecule has 0 bridgehead atoms. The molecule has 7 rings (SSSR count). The first-order valence-corrected chi connectivity index (χ1v) is 17.0. The van der Waals surface area contributed by atoms with Gasteiger partial charge in [-0.25, -0.2) is 14.3 Å². The Morgan fingerprint density at radius 3 is 1.72 bits per heavy atom. The van der Waals surface area contributed by atoms with Crippen molar-refractivity contribution in [3.8, 4) is 22.3 Å². The third kappa shape index (κ3) is 8.23. The van der Waals surface area contributed by atoms with Crippen LogP contribution >= 0.6 is 7.92 Å². The second kappa shape index (κ2) is 16.7. The van der Waals surface area contributed by atoms with Gasteiger partial charge in [-0.05, 0) is 42.4 Å². The lowest BCUT2D eigenvalue weighted by atomic mass is 10.1. The van der Waals surface area contributed by atoms with Gasteiger partial charge in [0.2, 0.25) is 0 Å². The molecule has 4 aromatic carbocycles. The summed E-state index contributed by atoms with van der Waals surface area (Å²) in [5.41, 5.74) is 4.74. The Labute approximate surface area is 277 Å². The van der Waals surface area contributed by atoms with E-state index in [0.29, 0.717) is 17.8 Å². The fourth-order valence-electron chi connectivity index (χ4n) is 4.95. The molecule has 7 heteroatoms. The second-order valence-electron chi connectivity index (χ2n) is 10.1. The highest BCUT2D eigenvalue weighted by Gasteiger charge is 2.15. The van der Waals surface area contributed by atoms with Crippen molar-refractivity contribution in [2.75, 3.05) is 6.61 Å². The minimum absolute atomic E-state index is 0.323. The quantitative estimate of drug-likeness (QED) is 0.131. The van der Waals surface area contributed by atoms with E-state index in [-0.39, 0.29) is 0 Å². The van der Waals surface area contributed by atoms with Crippen LogP contribution in [-0.2, 0) is 4.74 Å². The van der Waals surface area contributed by atoms with Gasteiger partial charge in [0.05, 0.1) is 18.4 Å². The molecule has 234 valence electrons. The monoisotopic (exact) mass is 636 g/mol. The Bertz CT molecular complexity index is 1890. The lowest BCUT2D eigenvalue weighted by Gasteiger charge is -2.18. The van der Waals surface area contributed by atoms with E-state index in [0.717, 1.165) is 22.3 Å². The number of carbonyl (C=O) groups is 1. The molecule has 0 saturated heterocycles. The first-order valence-electron chi connectivity index (χ1n) is 15.7. The molecule has 3 aromatic heterocycles. The molecule has 0 saturated carbocycles. The summed E-state index contributed by atoms with van der Waals surface area (Å²) in [7, 11) is -0.446. The molecular weight excluding hydrogens is 599 g/mol. The molecule has 6 nitrogen and oxygen atoms in total. The average molecular weight is 637 g/mol. The van der Waals surface area contributed by atoms with Crippen LogP contribution in [0.4, 0.5) is 0 Å². The summed E-state index contributed by atoms with van der Waals surface area (Å²) in [4.78, 5) is 20.6. The van der Waals surface area contributed by atoms with Crippen LogP contribution in [0.15, 0.2) is 158 Å². The maximum Gasteiger partial charge on any atom is 0.339 e. The standard InChI is InChI=1S/C20H16N4O2.C18H15P.C2H6/c1-2-26-20(25)16-8-15(9-21-10-16)18-12-23-24-13-17(11-22-19(18)24)14-6-4-3-5-7-14;1-4-10-16(11-5-1)19(17-12-6-2-7-13-17)18-14-8-3-9-15-18;1-2/h3-13H,2H2,1H3;1-15H;1-2H3. The number of benzene rings is 4. The number of fused-ring (bicyclic) bond motifs is 1. The van der Waals surface area contributed by atoms with Gasteiger partial charge in [0.15, 0.2) is 5.65 Å². The lowest BCUT2D eigenvalue weighted by Crippen LogP contribution is -2.20. The van der Waals surface area contributed by atoms with Crippen LogP contribution in [0.3, 0.4) is 0 Å². The maximum absolute atomic E-state index is 11.9. The van der Waals surface area contributed by atoms with Crippen molar-refractivity contribution in [2.24, 2.45) is 0 Å². The second-order valence-corrected chi connectivity index (χ2v) is 12.3. The van der Waals surface area contributed by atoms with Crippen molar-refractivity contribution in [3.05, 3.63) is 164 Å². The number of aromatic nitrogens is 4. The van der Waals surface area contributed by atoms with Crippen molar-refractivity contribution in [1.29, 1.82) is 0 Å². The van der Waals surface area contributed by atoms with Crippen LogP contribution in [0, 0.1) is 0 Å². The van der Waals surface area contributed by atoms with E-state index < -0.39 is 13.9 Å². The summed E-state index contributed by atoms with van der Waals surface area (Å²) in [5, 5.41) is 8.60. The SMILES string of the molecule is CC.CCOC(=O)c1cncc(-c2cnn3cc(-c4ccccc4)cnc23)c1.c1ccc(P(c2ccccc2)c2ccccc2)cc1. The van der Waals surface area contributed by atoms with Crippen molar-refractivity contribution in [3.63, 3.8) is 0 Å². The third-order valence-corrected chi connectivity index (χ3v) is 9.51. The van der Waals surface area contributed by atoms with E-state index in [9.17, 15) is 4.79 Å². The minimum atomic E-state index is -0.446. The van der Waals surface area contributed by atoms with Crippen molar-refractivity contribution in [1.82, 2.24) is 19.6 Å². The molecule has 0 unspecified atom stereocenters. The number of hydrogen-bond acceptors (Lipinski definition) is 5. The summed E-state index contributed by atoms with van der Waals surface area (Å²) in [5.74, 6) is -0.391. The van der Waals surface area contributed by atoms with Crippen LogP contribution in [0.2, 0.25) is 0 Å². The largest absolute Gasteiger partial charge is 0.462 e. The van der Waals surface area contributed by atoms with E-state index in [2.05, 4.69) is 106 Å². The number of esters is 1. The Morgan fingerprint density at radius 2 is 1.19 bits per heavy atom. The third-order valence-electron chi connectivity index (χ3n) is 7.07. The van der Waals surface area contributed by atoms with E-state index in [1.54, 1.807) is 29.9 Å². The lowest BCUT2D eigenvalue weighted by molar-refractivity contribution is 0.0526. The van der Waals surface area contributed by atoms with E-state index in [1.807, 2.05) is 56.6 Å². The van der Waals surface area contributed by atoms with Crippen LogP contribution < -0.4 is 15.9 Å². The molecule has 0 radical (unpaired) electrons. The molecule has 3 heterocycles. The Kier molecular flexibility index (Phi) is 11.7. The zero-order valence-electron chi connectivity index (χ0n) is 26.8. The molecule has 0 atom stereocenters. The van der Waals surface area contributed by atoms with Crippen molar-refractivity contribution >= 4 is 35.5 Å². The van der Waals surface area contributed by atoms with Gasteiger partial charge < -0.3 is 4.74 Å². The molecule has 0 spiro atoms. The zero-order valence-corrected chi connectivity index (χ0v) is 27.7. The van der Waals surface area contributed by atoms with E-state index in [4.69, 9.17) is 4.74 Å². The predicted octanol–water partition coefficient (Wildman–Crippen LogP) is 8.11. The summed E-state index contributed by atoms with van der Waals surface area (Å²) in [6, 6.07) is 44.1. The van der Waals surface area contributed by atoms with Gasteiger partial charge in [0.1, 0.15) is 0 Å². The van der Waals surface area contributed by atoms with Crippen LogP contribution in [0.1, 0.15) is 31.1 Å². The first-order chi connectivity index (χ1) is 23.2. The Hall–Kier alpha value is -5.45. The highest BCUT2D eigenvalue weighted by molar-refractivity contribution is 7.79. The molecule has 0 aliphatic carbocycles. The van der Waals surface area contributed by atoms with Gasteiger partial charge in [-0.1, -0.05) is 135 Å². The minimum Gasteiger partial charge on any atom is -0.462 e. The van der Waals surface area contributed by atoms with Gasteiger partial charge in [-0.2, -0.15) is 5.10 Å². The highest BCUT2D eigenvalue weighted by Crippen LogP contribution is 2.32. The Balaban J connectivity index is 0.000000183. The van der Waals surface area contributed by atoms with E-state index >= 15 is 0 Å². The fraction of sp³-hybridized carbons (Fsp3) is 0.100. The number of rotatable bonds is 7. The summed E-state index contributed by atoms with van der Waals surface area (Å²) < 4.78 is 6.77.